The summed E-state index contributed by atoms with van der Waals surface area (Å²) in [4.78, 5) is 1.25. The normalized spacial score (nSPS) is 17.5. The van der Waals surface area contributed by atoms with Crippen LogP contribution in [0.2, 0.25) is 0 Å². The van der Waals surface area contributed by atoms with Crippen LogP contribution in [0, 0.1) is 0 Å². The van der Waals surface area contributed by atoms with Gasteiger partial charge in [-0.3, -0.25) is 0 Å². The molecule has 1 aliphatic carbocycles. The molecular formula is C13H18OS. The zero-order valence-electron chi connectivity index (χ0n) is 9.36. The Morgan fingerprint density at radius 1 is 1.27 bits per heavy atom. The van der Waals surface area contributed by atoms with Crippen LogP contribution in [0.4, 0.5) is 0 Å². The first-order chi connectivity index (χ1) is 7.07. The number of rotatable bonds is 3. The second-order valence-electron chi connectivity index (χ2n) is 4.73. The first-order valence-electron chi connectivity index (χ1n) is 5.56. The van der Waals surface area contributed by atoms with Crippen LogP contribution in [-0.4, -0.2) is 10.4 Å². The second kappa shape index (κ2) is 4.18. The summed E-state index contributed by atoms with van der Waals surface area (Å²) in [6.45, 7) is 3.71. The van der Waals surface area contributed by atoms with E-state index in [4.69, 9.17) is 0 Å². The minimum absolute atomic E-state index is 0.729. The highest BCUT2D eigenvalue weighted by Gasteiger charge is 2.24. The third kappa shape index (κ3) is 2.56. The quantitative estimate of drug-likeness (QED) is 0.844. The van der Waals surface area contributed by atoms with Gasteiger partial charge in [0, 0.05) is 10.1 Å². The molecule has 1 N–H and O–H groups in total. The van der Waals surface area contributed by atoms with Crippen molar-refractivity contribution in [2.45, 2.75) is 48.9 Å². The lowest BCUT2D eigenvalue weighted by Gasteiger charge is -2.28. The number of hydrogen-bond acceptors (Lipinski definition) is 2. The number of thioether (sulfide) groups is 1. The van der Waals surface area contributed by atoms with Crippen molar-refractivity contribution in [2.24, 2.45) is 0 Å². The van der Waals surface area contributed by atoms with Gasteiger partial charge in [0.2, 0.25) is 0 Å². The van der Waals surface area contributed by atoms with Gasteiger partial charge in [-0.15, -0.1) is 11.8 Å². The van der Waals surface area contributed by atoms with Crippen LogP contribution in [0.15, 0.2) is 29.2 Å². The van der Waals surface area contributed by atoms with Crippen LogP contribution in [-0.2, 0) is 5.60 Å². The van der Waals surface area contributed by atoms with Crippen molar-refractivity contribution in [3.05, 3.63) is 29.8 Å². The second-order valence-corrected chi connectivity index (χ2v) is 6.07. The van der Waals surface area contributed by atoms with E-state index in [2.05, 4.69) is 12.1 Å². The fourth-order valence-corrected chi connectivity index (χ4v) is 3.27. The van der Waals surface area contributed by atoms with E-state index in [1.165, 1.54) is 24.2 Å². The smallest absolute Gasteiger partial charge is 0.0851 e. The van der Waals surface area contributed by atoms with Gasteiger partial charge in [-0.25, -0.2) is 0 Å². The van der Waals surface area contributed by atoms with Crippen LogP contribution < -0.4 is 0 Å². The zero-order chi connectivity index (χ0) is 10.9. The number of aliphatic hydroxyl groups is 1. The van der Waals surface area contributed by atoms with Gasteiger partial charge < -0.3 is 5.11 Å². The highest BCUT2D eigenvalue weighted by atomic mass is 32.2. The van der Waals surface area contributed by atoms with Crippen LogP contribution in [0.3, 0.4) is 0 Å². The molecule has 0 heterocycles. The lowest BCUT2D eigenvalue weighted by atomic mass is 9.98. The highest BCUT2D eigenvalue weighted by molar-refractivity contribution is 8.00. The fourth-order valence-electron chi connectivity index (χ4n) is 1.74. The van der Waals surface area contributed by atoms with Crippen LogP contribution in [0.25, 0.3) is 0 Å². The number of hydrogen-bond donors (Lipinski definition) is 1. The molecule has 1 nitrogen and oxygen atoms in total. The Hall–Kier alpha value is -0.470. The van der Waals surface area contributed by atoms with Crippen molar-refractivity contribution < 1.29 is 5.11 Å². The summed E-state index contributed by atoms with van der Waals surface area (Å²) in [6, 6.07) is 8.20. The molecule has 2 heteroatoms. The zero-order valence-corrected chi connectivity index (χ0v) is 10.2. The van der Waals surface area contributed by atoms with Gasteiger partial charge in [0.05, 0.1) is 5.60 Å². The highest BCUT2D eigenvalue weighted by Crippen LogP contribution is 2.40. The Balaban J connectivity index is 2.21. The molecule has 1 fully saturated rings. The average Bonchev–Trinajstić information content (AvgIpc) is 2.10. The molecular weight excluding hydrogens is 204 g/mol. The molecule has 0 atom stereocenters. The molecule has 0 aliphatic heterocycles. The topological polar surface area (TPSA) is 20.2 Å². The predicted molar refractivity (Wildman–Crippen MR) is 65.2 cm³/mol. The van der Waals surface area contributed by atoms with Gasteiger partial charge in [-0.2, -0.15) is 0 Å². The van der Waals surface area contributed by atoms with Gasteiger partial charge in [0.15, 0.2) is 0 Å². The summed E-state index contributed by atoms with van der Waals surface area (Å²) < 4.78 is 0. The molecule has 0 unspecified atom stereocenters. The summed E-state index contributed by atoms with van der Waals surface area (Å²) >= 11 is 1.92. The van der Waals surface area contributed by atoms with E-state index < -0.39 is 5.60 Å². The van der Waals surface area contributed by atoms with Gasteiger partial charge in [-0.1, -0.05) is 24.6 Å². The van der Waals surface area contributed by atoms with Gasteiger partial charge >= 0.3 is 0 Å². The monoisotopic (exact) mass is 222 g/mol. The lowest BCUT2D eigenvalue weighted by molar-refractivity contribution is 0.0757. The minimum Gasteiger partial charge on any atom is -0.386 e. The Labute approximate surface area is 95.9 Å². The molecule has 0 spiro atoms. The van der Waals surface area contributed by atoms with Crippen LogP contribution >= 0.6 is 11.8 Å². The standard InChI is InChI=1S/C13H18OS/c1-13(2,14)11-8-3-4-9-12(11)15-10-6-5-7-10/h3-4,8-10,14H,5-7H2,1-2H3. The third-order valence-electron chi connectivity index (χ3n) is 2.89. The maximum absolute atomic E-state index is 10.1. The Bertz CT molecular complexity index is 337. The van der Waals surface area contributed by atoms with Crippen LogP contribution in [0.5, 0.6) is 0 Å². The summed E-state index contributed by atoms with van der Waals surface area (Å²) in [5.74, 6) is 0. The number of benzene rings is 1. The molecule has 1 aromatic carbocycles. The molecule has 0 radical (unpaired) electrons. The van der Waals surface area contributed by atoms with Crippen LogP contribution in [0.1, 0.15) is 38.7 Å². The maximum Gasteiger partial charge on any atom is 0.0851 e. The summed E-state index contributed by atoms with van der Waals surface area (Å²) in [5.41, 5.74) is 0.328. The SMILES string of the molecule is CC(C)(O)c1ccccc1SC1CCC1. The Morgan fingerprint density at radius 2 is 1.93 bits per heavy atom. The molecule has 0 saturated heterocycles. The molecule has 1 aliphatic rings. The van der Waals surface area contributed by atoms with Crippen molar-refractivity contribution in [3.63, 3.8) is 0 Å². The van der Waals surface area contributed by atoms with E-state index in [1.807, 2.05) is 37.7 Å². The molecule has 82 valence electrons. The summed E-state index contributed by atoms with van der Waals surface area (Å²) in [5, 5.41) is 10.8. The van der Waals surface area contributed by atoms with E-state index in [0.717, 1.165) is 10.8 Å². The van der Waals surface area contributed by atoms with Gasteiger partial charge in [0.25, 0.3) is 0 Å². The third-order valence-corrected chi connectivity index (χ3v) is 4.31. The largest absolute Gasteiger partial charge is 0.386 e. The van der Waals surface area contributed by atoms with E-state index in [9.17, 15) is 5.11 Å². The molecule has 0 bridgehead atoms. The fraction of sp³-hybridized carbons (Fsp3) is 0.538. The molecule has 0 amide bonds. The maximum atomic E-state index is 10.1. The molecule has 15 heavy (non-hydrogen) atoms. The minimum atomic E-state index is -0.729. The van der Waals surface area contributed by atoms with E-state index >= 15 is 0 Å². The van der Waals surface area contributed by atoms with Crippen molar-refractivity contribution in [3.8, 4) is 0 Å². The van der Waals surface area contributed by atoms with Crippen molar-refractivity contribution in [2.75, 3.05) is 0 Å². The Kier molecular flexibility index (Phi) is 3.08. The Morgan fingerprint density at radius 3 is 2.47 bits per heavy atom. The molecule has 1 aromatic rings. The molecule has 2 rings (SSSR count). The first-order valence-corrected chi connectivity index (χ1v) is 6.44. The van der Waals surface area contributed by atoms with E-state index in [1.54, 1.807) is 0 Å². The molecule has 0 aromatic heterocycles. The van der Waals surface area contributed by atoms with Crippen molar-refractivity contribution in [1.82, 2.24) is 0 Å². The predicted octanol–water partition coefficient (Wildman–Crippen LogP) is 3.56. The lowest BCUT2D eigenvalue weighted by Crippen LogP contribution is -2.18. The average molecular weight is 222 g/mol. The van der Waals surface area contributed by atoms with E-state index in [0.29, 0.717) is 0 Å². The van der Waals surface area contributed by atoms with Gasteiger partial charge in [-0.05, 0) is 38.3 Å². The van der Waals surface area contributed by atoms with Gasteiger partial charge in [0.1, 0.15) is 0 Å². The molecule has 1 saturated carbocycles. The van der Waals surface area contributed by atoms with Crippen molar-refractivity contribution >= 4 is 11.8 Å². The summed E-state index contributed by atoms with van der Waals surface area (Å²) in [7, 11) is 0. The summed E-state index contributed by atoms with van der Waals surface area (Å²) in [6.07, 6.45) is 4.01. The van der Waals surface area contributed by atoms with E-state index in [-0.39, 0.29) is 0 Å². The first kappa shape index (κ1) is 11.0. The van der Waals surface area contributed by atoms with Crippen molar-refractivity contribution in [1.29, 1.82) is 0 Å².